The van der Waals surface area contributed by atoms with Crippen molar-refractivity contribution in [3.63, 3.8) is 0 Å². The van der Waals surface area contributed by atoms with Crippen LogP contribution in [-0.2, 0) is 4.79 Å². The first kappa shape index (κ1) is 19.2. The second kappa shape index (κ2) is 8.43. The number of anilines is 2. The molecule has 0 spiro atoms. The Morgan fingerprint density at radius 2 is 2.07 bits per heavy atom. The Morgan fingerprint density at radius 3 is 2.78 bits per heavy atom. The van der Waals surface area contributed by atoms with Crippen molar-refractivity contribution in [1.82, 2.24) is 9.97 Å². The second-order valence-corrected chi connectivity index (χ2v) is 6.87. The maximum atomic E-state index is 12.8. The molecule has 1 aromatic heterocycles. The summed E-state index contributed by atoms with van der Waals surface area (Å²) in [5.74, 6) is 1.41. The molecule has 1 aliphatic heterocycles. The zero-order valence-electron chi connectivity index (χ0n) is 15.7. The summed E-state index contributed by atoms with van der Waals surface area (Å²) in [5.41, 5.74) is 1.43. The molecule has 0 radical (unpaired) electrons. The molecule has 1 aromatic carbocycles. The van der Waals surface area contributed by atoms with Crippen LogP contribution < -0.4 is 19.7 Å². The molecule has 1 fully saturated rings. The van der Waals surface area contributed by atoms with E-state index in [9.17, 15) is 4.79 Å². The average molecular weight is 391 g/mol. The number of hydrogen-bond donors (Lipinski definition) is 1. The van der Waals surface area contributed by atoms with Crippen molar-refractivity contribution >= 4 is 29.1 Å². The molecule has 0 saturated carbocycles. The molecular formula is C19H23ClN4O3. The number of amides is 1. The molecule has 0 bridgehead atoms. The van der Waals surface area contributed by atoms with E-state index in [0.29, 0.717) is 34.7 Å². The maximum absolute atomic E-state index is 12.8. The van der Waals surface area contributed by atoms with Gasteiger partial charge < -0.3 is 19.7 Å². The SMILES string of the molecule is COc1cc(OC)c(NC(=O)C2CCCN(c3nccc(C)n3)C2)cc1Cl. The highest BCUT2D eigenvalue weighted by atomic mass is 35.5. The first-order valence-electron chi connectivity index (χ1n) is 8.78. The summed E-state index contributed by atoms with van der Waals surface area (Å²) in [6, 6.07) is 5.16. The molecule has 3 rings (SSSR count). The van der Waals surface area contributed by atoms with E-state index in [0.717, 1.165) is 25.1 Å². The van der Waals surface area contributed by atoms with E-state index in [1.807, 2.05) is 13.0 Å². The van der Waals surface area contributed by atoms with Gasteiger partial charge in [-0.3, -0.25) is 4.79 Å². The van der Waals surface area contributed by atoms with E-state index in [2.05, 4.69) is 20.2 Å². The van der Waals surface area contributed by atoms with Crippen LogP contribution in [0.2, 0.25) is 5.02 Å². The number of hydrogen-bond acceptors (Lipinski definition) is 6. The van der Waals surface area contributed by atoms with Crippen molar-refractivity contribution in [3.05, 3.63) is 35.1 Å². The van der Waals surface area contributed by atoms with Crippen LogP contribution in [0.4, 0.5) is 11.6 Å². The molecule has 1 amide bonds. The third kappa shape index (κ3) is 4.42. The number of benzene rings is 1. The van der Waals surface area contributed by atoms with E-state index in [1.54, 1.807) is 18.3 Å². The van der Waals surface area contributed by atoms with E-state index >= 15 is 0 Å². The molecule has 2 heterocycles. The number of aromatic nitrogens is 2. The van der Waals surface area contributed by atoms with Gasteiger partial charge in [0, 0.05) is 31.0 Å². The fourth-order valence-corrected chi connectivity index (χ4v) is 3.39. The van der Waals surface area contributed by atoms with Crippen LogP contribution >= 0.6 is 11.6 Å². The first-order chi connectivity index (χ1) is 13.0. The monoisotopic (exact) mass is 390 g/mol. The third-order valence-electron chi connectivity index (χ3n) is 4.59. The van der Waals surface area contributed by atoms with Crippen LogP contribution in [0.1, 0.15) is 18.5 Å². The number of rotatable bonds is 5. The summed E-state index contributed by atoms with van der Waals surface area (Å²) in [6.07, 6.45) is 3.45. The van der Waals surface area contributed by atoms with Gasteiger partial charge in [0.2, 0.25) is 11.9 Å². The fraction of sp³-hybridized carbons (Fsp3) is 0.421. The summed E-state index contributed by atoms with van der Waals surface area (Å²) in [5, 5.41) is 3.34. The zero-order chi connectivity index (χ0) is 19.4. The standard InChI is InChI=1S/C19H23ClN4O3/c1-12-6-7-21-19(22-12)24-8-4-5-13(11-24)18(25)23-15-9-14(20)16(26-2)10-17(15)27-3/h6-7,9-10,13H,4-5,8,11H2,1-3H3,(H,23,25). The van der Waals surface area contributed by atoms with Gasteiger partial charge in [-0.2, -0.15) is 0 Å². The molecule has 2 aromatic rings. The van der Waals surface area contributed by atoms with Gasteiger partial charge in [0.15, 0.2) is 0 Å². The van der Waals surface area contributed by atoms with Crippen LogP contribution in [-0.4, -0.2) is 43.2 Å². The minimum atomic E-state index is -0.173. The normalized spacial score (nSPS) is 16.7. The van der Waals surface area contributed by atoms with Gasteiger partial charge in [-0.05, 0) is 31.9 Å². The van der Waals surface area contributed by atoms with Crippen molar-refractivity contribution < 1.29 is 14.3 Å². The Labute approximate surface area is 163 Å². The molecule has 27 heavy (non-hydrogen) atoms. The molecule has 1 unspecified atom stereocenters. The number of ether oxygens (including phenoxy) is 2. The summed E-state index contributed by atoms with van der Waals surface area (Å²) < 4.78 is 10.5. The number of piperidine rings is 1. The number of aryl methyl sites for hydroxylation is 1. The molecule has 1 atom stereocenters. The number of carbonyl (C=O) groups excluding carboxylic acids is 1. The van der Waals surface area contributed by atoms with Crippen molar-refractivity contribution in [3.8, 4) is 11.5 Å². The highest BCUT2D eigenvalue weighted by molar-refractivity contribution is 6.32. The molecule has 1 aliphatic rings. The molecule has 144 valence electrons. The number of methoxy groups -OCH3 is 2. The Balaban J connectivity index is 1.73. The lowest BCUT2D eigenvalue weighted by Crippen LogP contribution is -2.41. The lowest BCUT2D eigenvalue weighted by molar-refractivity contribution is -0.120. The summed E-state index contributed by atoms with van der Waals surface area (Å²) in [7, 11) is 3.07. The van der Waals surface area contributed by atoms with Crippen LogP contribution in [0.15, 0.2) is 24.4 Å². The number of carbonyl (C=O) groups is 1. The molecule has 1 saturated heterocycles. The summed E-state index contributed by atoms with van der Waals surface area (Å²) in [6.45, 7) is 3.34. The Morgan fingerprint density at radius 1 is 1.30 bits per heavy atom. The average Bonchev–Trinajstić information content (AvgIpc) is 2.68. The van der Waals surface area contributed by atoms with Gasteiger partial charge in [0.05, 0.1) is 30.8 Å². The minimum absolute atomic E-state index is 0.0770. The fourth-order valence-electron chi connectivity index (χ4n) is 3.15. The zero-order valence-corrected chi connectivity index (χ0v) is 16.4. The smallest absolute Gasteiger partial charge is 0.229 e. The largest absolute Gasteiger partial charge is 0.495 e. The van der Waals surface area contributed by atoms with Gasteiger partial charge in [0.25, 0.3) is 0 Å². The first-order valence-corrected chi connectivity index (χ1v) is 9.16. The van der Waals surface area contributed by atoms with Gasteiger partial charge in [0.1, 0.15) is 11.5 Å². The number of nitrogens with zero attached hydrogens (tertiary/aromatic N) is 3. The van der Waals surface area contributed by atoms with Crippen molar-refractivity contribution in [2.24, 2.45) is 5.92 Å². The number of halogens is 1. The summed E-state index contributed by atoms with van der Waals surface area (Å²) in [4.78, 5) is 23.7. The second-order valence-electron chi connectivity index (χ2n) is 6.46. The predicted octanol–water partition coefficient (Wildman–Crippen LogP) is 3.31. The van der Waals surface area contributed by atoms with Crippen molar-refractivity contribution in [1.29, 1.82) is 0 Å². The Hall–Kier alpha value is -2.54. The highest BCUT2D eigenvalue weighted by Crippen LogP contribution is 2.36. The third-order valence-corrected chi connectivity index (χ3v) is 4.88. The predicted molar refractivity (Wildman–Crippen MR) is 105 cm³/mol. The Kier molecular flexibility index (Phi) is 6.01. The van der Waals surface area contributed by atoms with E-state index in [-0.39, 0.29) is 11.8 Å². The van der Waals surface area contributed by atoms with Crippen LogP contribution in [0.25, 0.3) is 0 Å². The molecule has 7 nitrogen and oxygen atoms in total. The number of nitrogens with one attached hydrogen (secondary N) is 1. The van der Waals surface area contributed by atoms with E-state index in [4.69, 9.17) is 21.1 Å². The van der Waals surface area contributed by atoms with Crippen LogP contribution in [0.3, 0.4) is 0 Å². The minimum Gasteiger partial charge on any atom is -0.495 e. The highest BCUT2D eigenvalue weighted by Gasteiger charge is 2.28. The van der Waals surface area contributed by atoms with Gasteiger partial charge >= 0.3 is 0 Å². The van der Waals surface area contributed by atoms with Crippen molar-refractivity contribution in [2.75, 3.05) is 37.5 Å². The Bertz CT molecular complexity index is 831. The molecule has 8 heteroatoms. The molecular weight excluding hydrogens is 368 g/mol. The van der Waals surface area contributed by atoms with Gasteiger partial charge in [-0.25, -0.2) is 9.97 Å². The van der Waals surface area contributed by atoms with Crippen LogP contribution in [0.5, 0.6) is 11.5 Å². The topological polar surface area (TPSA) is 76.6 Å². The van der Waals surface area contributed by atoms with E-state index in [1.165, 1.54) is 14.2 Å². The quantitative estimate of drug-likeness (QED) is 0.844. The molecule has 0 aliphatic carbocycles. The van der Waals surface area contributed by atoms with E-state index < -0.39 is 0 Å². The lowest BCUT2D eigenvalue weighted by Gasteiger charge is -2.32. The maximum Gasteiger partial charge on any atom is 0.229 e. The van der Waals surface area contributed by atoms with Gasteiger partial charge in [-0.1, -0.05) is 11.6 Å². The van der Waals surface area contributed by atoms with Crippen molar-refractivity contribution in [2.45, 2.75) is 19.8 Å². The molecule has 1 N–H and O–H groups in total. The summed E-state index contributed by atoms with van der Waals surface area (Å²) >= 11 is 6.19. The van der Waals surface area contributed by atoms with Crippen LogP contribution in [0, 0.1) is 12.8 Å². The van der Waals surface area contributed by atoms with Gasteiger partial charge in [-0.15, -0.1) is 0 Å². The lowest BCUT2D eigenvalue weighted by atomic mass is 9.97.